The van der Waals surface area contributed by atoms with Gasteiger partial charge in [0.15, 0.2) is 11.2 Å². The monoisotopic (exact) mass is 830 g/mol. The molecular formula is C41H30N6O8S3. The fourth-order valence-electron chi connectivity index (χ4n) is 6.50. The van der Waals surface area contributed by atoms with Crippen molar-refractivity contribution in [2.24, 2.45) is 0 Å². The third kappa shape index (κ3) is 7.20. The third-order valence-corrected chi connectivity index (χ3v) is 13.1. The lowest BCUT2D eigenvalue weighted by molar-refractivity contribution is 0.457. The van der Waals surface area contributed by atoms with Crippen LogP contribution in [0.5, 0.6) is 11.8 Å². The summed E-state index contributed by atoms with van der Waals surface area (Å²) in [5.41, 5.74) is 6.01. The lowest BCUT2D eigenvalue weighted by Crippen LogP contribution is -2.14. The maximum absolute atomic E-state index is 12.6. The van der Waals surface area contributed by atoms with E-state index in [9.17, 15) is 27.0 Å². The normalized spacial score (nSPS) is 11.9. The van der Waals surface area contributed by atoms with Crippen molar-refractivity contribution in [2.75, 3.05) is 9.44 Å². The molecule has 17 heteroatoms. The van der Waals surface area contributed by atoms with Gasteiger partial charge in [0.1, 0.15) is 26.4 Å². The number of aromatic nitrogens is 4. The van der Waals surface area contributed by atoms with Gasteiger partial charge in [-0.15, -0.1) is 11.3 Å². The summed E-state index contributed by atoms with van der Waals surface area (Å²) in [6.07, 6.45) is 0. The van der Waals surface area contributed by atoms with Gasteiger partial charge in [-0.2, -0.15) is 0 Å². The molecule has 58 heavy (non-hydrogen) atoms. The van der Waals surface area contributed by atoms with Gasteiger partial charge in [0.2, 0.25) is 33.6 Å². The van der Waals surface area contributed by atoms with Crippen molar-refractivity contribution in [1.29, 1.82) is 0 Å². The lowest BCUT2D eigenvalue weighted by atomic mass is 10.1. The average Bonchev–Trinajstić information content (AvgIpc) is 4.04. The van der Waals surface area contributed by atoms with Gasteiger partial charge in [0.05, 0.1) is 5.75 Å². The molecule has 0 saturated carbocycles. The molecule has 0 bridgehead atoms. The molecule has 0 aliphatic carbocycles. The van der Waals surface area contributed by atoms with Crippen molar-refractivity contribution >= 4 is 86.8 Å². The molecule has 5 aromatic heterocycles. The summed E-state index contributed by atoms with van der Waals surface area (Å²) in [5.74, 6) is 0.176. The SMILES string of the molecule is O=S(=O)(Cc1ccccc1)Nc1ccc2[nH]c(O)c(-c3nc4ccccc4o3)c2c1.O=S(=O)(Nc1ccc2[nH]c(O)c(-c3nc4ccccc4o3)c2c1)c1cccs1. The van der Waals surface area contributed by atoms with E-state index in [1.165, 1.54) is 6.07 Å². The first-order valence-corrected chi connectivity index (χ1v) is 21.5. The second kappa shape index (κ2) is 14.5. The molecule has 10 aromatic rings. The molecule has 0 unspecified atom stereocenters. The van der Waals surface area contributed by atoms with Crippen LogP contribution in [0.1, 0.15) is 5.56 Å². The van der Waals surface area contributed by atoms with Crippen LogP contribution in [-0.2, 0) is 25.8 Å². The van der Waals surface area contributed by atoms with Gasteiger partial charge in [-0.1, -0.05) is 60.7 Å². The first-order chi connectivity index (χ1) is 28.0. The van der Waals surface area contributed by atoms with Gasteiger partial charge in [-0.3, -0.25) is 9.44 Å². The number of fused-ring (bicyclic) bond motifs is 4. The average molecular weight is 831 g/mol. The van der Waals surface area contributed by atoms with Crippen molar-refractivity contribution < 1.29 is 35.9 Å². The van der Waals surface area contributed by atoms with Crippen LogP contribution in [0.3, 0.4) is 0 Å². The summed E-state index contributed by atoms with van der Waals surface area (Å²) >= 11 is 1.14. The Hall–Kier alpha value is -7.08. The molecule has 0 saturated heterocycles. The molecule has 14 nitrogen and oxygen atoms in total. The fourth-order valence-corrected chi connectivity index (χ4v) is 9.74. The van der Waals surface area contributed by atoms with E-state index < -0.39 is 20.0 Å². The van der Waals surface area contributed by atoms with Gasteiger partial charge in [0.25, 0.3) is 10.0 Å². The van der Waals surface area contributed by atoms with Crippen molar-refractivity contribution in [3.05, 3.63) is 138 Å². The molecule has 5 heterocycles. The van der Waals surface area contributed by atoms with E-state index in [1.807, 2.05) is 42.5 Å². The molecule has 0 fully saturated rings. The number of rotatable bonds is 9. The van der Waals surface area contributed by atoms with E-state index in [0.717, 1.165) is 11.3 Å². The van der Waals surface area contributed by atoms with Crippen molar-refractivity contribution in [3.8, 4) is 34.7 Å². The van der Waals surface area contributed by atoms with Crippen molar-refractivity contribution in [2.45, 2.75) is 9.96 Å². The quantitative estimate of drug-likeness (QED) is 0.0811. The van der Waals surface area contributed by atoms with Crippen LogP contribution >= 0.6 is 11.3 Å². The molecule has 290 valence electrons. The third-order valence-electron chi connectivity index (χ3n) is 9.06. The Morgan fingerprint density at radius 2 is 1.12 bits per heavy atom. The highest BCUT2D eigenvalue weighted by Gasteiger charge is 2.22. The summed E-state index contributed by atoms with van der Waals surface area (Å²) < 4.78 is 67.1. The molecule has 5 aromatic carbocycles. The summed E-state index contributed by atoms with van der Waals surface area (Å²) in [7, 11) is -7.28. The Balaban J connectivity index is 0.000000151. The zero-order valence-electron chi connectivity index (χ0n) is 29.9. The number of hydrogen-bond donors (Lipinski definition) is 6. The van der Waals surface area contributed by atoms with E-state index in [0.29, 0.717) is 72.1 Å². The predicted octanol–water partition coefficient (Wildman–Crippen LogP) is 9.17. The molecule has 6 N–H and O–H groups in total. The van der Waals surface area contributed by atoms with E-state index in [4.69, 9.17) is 8.83 Å². The highest BCUT2D eigenvalue weighted by atomic mass is 32.2. The number of H-pyrrole nitrogens is 2. The first kappa shape index (κ1) is 36.6. The number of aromatic amines is 2. The van der Waals surface area contributed by atoms with Gasteiger partial charge in [-0.25, -0.2) is 26.8 Å². The fraction of sp³-hybridized carbons (Fsp3) is 0.0244. The Morgan fingerprint density at radius 3 is 1.64 bits per heavy atom. The molecule has 0 aliphatic heterocycles. The minimum atomic E-state index is -3.67. The second-order valence-corrected chi connectivity index (χ2v) is 17.7. The van der Waals surface area contributed by atoms with Gasteiger partial charge in [-0.05, 0) is 77.7 Å². The van der Waals surface area contributed by atoms with E-state index in [-0.39, 0.29) is 33.5 Å². The zero-order chi connectivity index (χ0) is 40.0. The number of para-hydroxylation sites is 4. The number of nitrogens with one attached hydrogen (secondary N) is 4. The maximum Gasteiger partial charge on any atom is 0.271 e. The number of benzene rings is 5. The molecule has 0 atom stereocenters. The maximum atomic E-state index is 12.6. The second-order valence-electron chi connectivity index (χ2n) is 13.1. The highest BCUT2D eigenvalue weighted by molar-refractivity contribution is 7.94. The number of thiophene rings is 1. The van der Waals surface area contributed by atoms with Gasteiger partial charge < -0.3 is 29.0 Å². The lowest BCUT2D eigenvalue weighted by Gasteiger charge is -2.08. The van der Waals surface area contributed by atoms with E-state index >= 15 is 0 Å². The Bertz CT molecular complexity index is 3270. The van der Waals surface area contributed by atoms with Crippen LogP contribution < -0.4 is 9.44 Å². The van der Waals surface area contributed by atoms with Crippen molar-refractivity contribution in [1.82, 2.24) is 19.9 Å². The Labute approximate surface area is 333 Å². The predicted molar refractivity (Wildman–Crippen MR) is 224 cm³/mol. The smallest absolute Gasteiger partial charge is 0.271 e. The molecule has 0 aliphatic rings. The number of nitrogens with zero attached hydrogens (tertiary/aromatic N) is 2. The molecule has 10 rings (SSSR count). The largest absolute Gasteiger partial charge is 0.494 e. The van der Waals surface area contributed by atoms with Crippen LogP contribution in [0.15, 0.2) is 146 Å². The number of oxazole rings is 2. The van der Waals surface area contributed by atoms with Crippen LogP contribution in [-0.4, -0.2) is 47.0 Å². The highest BCUT2D eigenvalue weighted by Crippen LogP contribution is 2.40. The first-order valence-electron chi connectivity index (χ1n) is 17.5. The molecule has 0 radical (unpaired) electrons. The van der Waals surface area contributed by atoms with Crippen LogP contribution in [0.25, 0.3) is 66.9 Å². The van der Waals surface area contributed by atoms with E-state index in [2.05, 4.69) is 29.4 Å². The van der Waals surface area contributed by atoms with Gasteiger partial charge in [0, 0.05) is 33.2 Å². The number of hydrogen-bond acceptors (Lipinski definition) is 11. The van der Waals surface area contributed by atoms with Crippen LogP contribution in [0.4, 0.5) is 11.4 Å². The summed E-state index contributed by atoms with van der Waals surface area (Å²) in [5, 5.41) is 23.7. The zero-order valence-corrected chi connectivity index (χ0v) is 32.3. The topological polar surface area (TPSA) is 216 Å². The molecule has 0 spiro atoms. The Kier molecular flexibility index (Phi) is 9.11. The summed E-state index contributed by atoms with van der Waals surface area (Å²) in [4.78, 5) is 14.6. The van der Waals surface area contributed by atoms with Crippen LogP contribution in [0, 0.1) is 0 Å². The van der Waals surface area contributed by atoms with Crippen molar-refractivity contribution in [3.63, 3.8) is 0 Å². The molecular weight excluding hydrogens is 801 g/mol. The minimum Gasteiger partial charge on any atom is -0.494 e. The van der Waals surface area contributed by atoms with Gasteiger partial charge >= 0.3 is 0 Å². The van der Waals surface area contributed by atoms with E-state index in [1.54, 1.807) is 84.2 Å². The van der Waals surface area contributed by atoms with Crippen LogP contribution in [0.2, 0.25) is 0 Å². The summed E-state index contributed by atoms with van der Waals surface area (Å²) in [6, 6.07) is 36.7. The Morgan fingerprint density at radius 1 is 0.603 bits per heavy atom. The number of sulfonamides is 2. The standard InChI is InChI=1S/C22H17N3O4S.C19H13N3O4S2/c26-21-20(22-24-18-8-4-5-9-19(18)29-22)16-12-15(10-11-17(16)23-21)25-30(27,28)13-14-6-2-1-3-7-14;23-18-17(19-21-14-4-1-2-5-15(14)26-19)12-10-11(7-8-13(12)20-18)22-28(24,25)16-6-3-9-27-16/h1-12,23,25-26H,13H2;1-10,20,22-23H. The minimum absolute atomic E-state index is 0.0964. The number of anilines is 2. The summed E-state index contributed by atoms with van der Waals surface area (Å²) in [6.45, 7) is 0. The molecule has 0 amide bonds. The number of aromatic hydroxyl groups is 2.